The van der Waals surface area contributed by atoms with Gasteiger partial charge in [0.2, 0.25) is 0 Å². The van der Waals surface area contributed by atoms with Crippen LogP contribution in [0.3, 0.4) is 0 Å². The molecule has 3 aromatic rings. The number of hydrogen-bond donors (Lipinski definition) is 1. The minimum Gasteiger partial charge on any atom is -0.494 e. The fourth-order valence-electron chi connectivity index (χ4n) is 4.59. The van der Waals surface area contributed by atoms with Crippen molar-refractivity contribution in [3.8, 4) is 5.75 Å². The number of fused-ring (bicyclic) bond motifs is 1. The summed E-state index contributed by atoms with van der Waals surface area (Å²) in [7, 11) is 1.61. The molecule has 33 heavy (non-hydrogen) atoms. The van der Waals surface area contributed by atoms with Gasteiger partial charge in [-0.05, 0) is 42.9 Å². The number of rotatable bonds is 8. The maximum absolute atomic E-state index is 14.4. The summed E-state index contributed by atoms with van der Waals surface area (Å²) < 4.78 is 27.5. The second-order valence-electron chi connectivity index (χ2n) is 8.27. The van der Waals surface area contributed by atoms with Gasteiger partial charge in [0.05, 0.1) is 19.3 Å². The zero-order valence-electron chi connectivity index (χ0n) is 19.2. The van der Waals surface area contributed by atoms with E-state index in [1.165, 1.54) is 6.07 Å². The summed E-state index contributed by atoms with van der Waals surface area (Å²) in [6.45, 7) is 5.21. The average molecular weight is 455 g/mol. The monoisotopic (exact) mass is 454 g/mol. The summed E-state index contributed by atoms with van der Waals surface area (Å²) in [5, 5.41) is 0. The van der Waals surface area contributed by atoms with Crippen LogP contribution < -0.4 is 10.5 Å². The largest absolute Gasteiger partial charge is 0.494 e. The van der Waals surface area contributed by atoms with Crippen LogP contribution in [-0.2, 0) is 17.8 Å². The maximum atomic E-state index is 14.4. The molecule has 1 fully saturated rings. The lowest BCUT2D eigenvalue weighted by atomic mass is 9.88. The van der Waals surface area contributed by atoms with Crippen molar-refractivity contribution in [3.63, 3.8) is 0 Å². The molecule has 0 bridgehead atoms. The van der Waals surface area contributed by atoms with Gasteiger partial charge in [-0.3, -0.25) is 9.78 Å². The van der Waals surface area contributed by atoms with Gasteiger partial charge >= 0.3 is 0 Å². The molecule has 2 N–H and O–H groups in total. The molecule has 0 spiro atoms. The van der Waals surface area contributed by atoms with Gasteiger partial charge in [0.15, 0.2) is 0 Å². The Bertz CT molecular complexity index is 1120. The van der Waals surface area contributed by atoms with Crippen LogP contribution in [0, 0.1) is 5.82 Å². The number of nitrogens with two attached hydrogens (primary N) is 1. The van der Waals surface area contributed by atoms with E-state index in [-0.39, 0.29) is 17.6 Å². The highest BCUT2D eigenvalue weighted by atomic mass is 19.1. The van der Waals surface area contributed by atoms with Crippen LogP contribution in [0.25, 0.3) is 11.0 Å². The van der Waals surface area contributed by atoms with Crippen molar-refractivity contribution in [2.24, 2.45) is 5.73 Å². The number of carbonyl (C=O) groups is 1. The number of hydrogen-bond acceptors (Lipinski definition) is 5. The molecule has 0 atom stereocenters. The lowest BCUT2D eigenvalue weighted by Crippen LogP contribution is -2.38. The van der Waals surface area contributed by atoms with E-state index < -0.39 is 0 Å². The first-order valence-electron chi connectivity index (χ1n) is 11.4. The van der Waals surface area contributed by atoms with Gasteiger partial charge in [-0.1, -0.05) is 12.1 Å². The lowest BCUT2D eigenvalue weighted by Gasteiger charge is -2.32. The second-order valence-corrected chi connectivity index (χ2v) is 8.27. The third-order valence-electron chi connectivity index (χ3n) is 6.36. The topological polar surface area (TPSA) is 82.6 Å². The number of likely N-dealkylation sites (tertiary alicyclic amines) is 1. The molecule has 176 valence electrons. The first kappa shape index (κ1) is 23.2. The zero-order chi connectivity index (χ0) is 23.4. The summed E-state index contributed by atoms with van der Waals surface area (Å²) in [4.78, 5) is 19.8. The molecule has 0 unspecified atom stereocenters. The number of methoxy groups -OCH3 is 1. The van der Waals surface area contributed by atoms with Gasteiger partial charge in [0, 0.05) is 51.2 Å². The minimum absolute atomic E-state index is 0.0643. The molecule has 1 saturated heterocycles. The van der Waals surface area contributed by atoms with Crippen molar-refractivity contribution >= 4 is 16.9 Å². The van der Waals surface area contributed by atoms with Crippen molar-refractivity contribution in [3.05, 3.63) is 59.2 Å². The lowest BCUT2D eigenvalue weighted by molar-refractivity contribution is 0.0713. The molecule has 2 aromatic heterocycles. The van der Waals surface area contributed by atoms with E-state index in [0.717, 1.165) is 11.1 Å². The van der Waals surface area contributed by atoms with Crippen LogP contribution in [0.4, 0.5) is 4.39 Å². The van der Waals surface area contributed by atoms with E-state index >= 15 is 0 Å². The molecule has 8 heteroatoms. The maximum Gasteiger partial charge on any atom is 0.257 e. The number of benzene rings is 1. The SMILES string of the molecule is CCOCCn1cc(C(=O)N2CCC(c3cc(CN)ccc3F)CC2)c2nccc(OC)c21. The summed E-state index contributed by atoms with van der Waals surface area (Å²) in [6, 6.07) is 6.87. The van der Waals surface area contributed by atoms with Crippen molar-refractivity contribution in [1.29, 1.82) is 0 Å². The first-order chi connectivity index (χ1) is 16.1. The van der Waals surface area contributed by atoms with Crippen LogP contribution in [-0.4, -0.2) is 53.8 Å². The molecule has 7 nitrogen and oxygen atoms in total. The van der Waals surface area contributed by atoms with Crippen molar-refractivity contribution < 1.29 is 18.7 Å². The first-order valence-corrected chi connectivity index (χ1v) is 11.4. The molecule has 3 heterocycles. The minimum atomic E-state index is -0.203. The Hall–Kier alpha value is -2.97. The Morgan fingerprint density at radius 1 is 1.27 bits per heavy atom. The summed E-state index contributed by atoms with van der Waals surface area (Å²) in [5.41, 5.74) is 9.32. The fourth-order valence-corrected chi connectivity index (χ4v) is 4.59. The van der Waals surface area contributed by atoms with E-state index in [0.29, 0.717) is 74.6 Å². The number of amides is 1. The Morgan fingerprint density at radius 3 is 2.76 bits per heavy atom. The van der Waals surface area contributed by atoms with E-state index in [1.54, 1.807) is 25.4 Å². The quantitative estimate of drug-likeness (QED) is 0.525. The molecular formula is C25H31FN4O3. The molecule has 1 aliphatic rings. The van der Waals surface area contributed by atoms with Crippen molar-refractivity contribution in [1.82, 2.24) is 14.5 Å². The molecule has 1 aromatic carbocycles. The standard InChI is InChI=1S/C25H31FN4O3/c1-3-33-13-12-30-16-20(23-24(30)22(32-2)6-9-28-23)25(31)29-10-7-18(8-11-29)19-14-17(15-27)4-5-21(19)26/h4-6,9,14,16,18H,3,7-8,10-13,15,27H2,1-2H3. The summed E-state index contributed by atoms with van der Waals surface area (Å²) >= 11 is 0. The third-order valence-corrected chi connectivity index (χ3v) is 6.36. The smallest absolute Gasteiger partial charge is 0.257 e. The molecule has 0 radical (unpaired) electrons. The van der Waals surface area contributed by atoms with Gasteiger partial charge in [0.25, 0.3) is 5.91 Å². The second kappa shape index (κ2) is 10.3. The van der Waals surface area contributed by atoms with Crippen LogP contribution in [0.2, 0.25) is 0 Å². The highest BCUT2D eigenvalue weighted by Gasteiger charge is 2.29. The van der Waals surface area contributed by atoms with Gasteiger partial charge in [0.1, 0.15) is 22.6 Å². The predicted octanol–water partition coefficient (Wildman–Crippen LogP) is 3.70. The highest BCUT2D eigenvalue weighted by Crippen LogP contribution is 2.33. The van der Waals surface area contributed by atoms with Crippen LogP contribution in [0.15, 0.2) is 36.7 Å². The Balaban J connectivity index is 1.55. The molecule has 4 rings (SSSR count). The van der Waals surface area contributed by atoms with Crippen molar-refractivity contribution in [2.75, 3.05) is 33.4 Å². The van der Waals surface area contributed by atoms with Crippen LogP contribution in [0.1, 0.15) is 47.2 Å². The molecule has 0 aliphatic carbocycles. The molecular weight excluding hydrogens is 423 g/mol. The Labute approximate surface area is 193 Å². The van der Waals surface area contributed by atoms with Gasteiger partial charge in [-0.15, -0.1) is 0 Å². The number of aromatic nitrogens is 2. The van der Waals surface area contributed by atoms with Gasteiger partial charge in [-0.2, -0.15) is 0 Å². The van der Waals surface area contributed by atoms with Crippen LogP contribution in [0.5, 0.6) is 5.75 Å². The predicted molar refractivity (Wildman–Crippen MR) is 125 cm³/mol. The van der Waals surface area contributed by atoms with E-state index in [1.807, 2.05) is 28.7 Å². The van der Waals surface area contributed by atoms with Crippen molar-refractivity contribution in [2.45, 2.75) is 38.8 Å². The van der Waals surface area contributed by atoms with Gasteiger partial charge < -0.3 is 24.7 Å². The Kier molecular flexibility index (Phi) is 7.25. The number of carbonyl (C=O) groups excluding carboxylic acids is 1. The number of pyridine rings is 1. The average Bonchev–Trinajstić information content (AvgIpc) is 3.23. The van der Waals surface area contributed by atoms with Crippen LogP contribution >= 0.6 is 0 Å². The van der Waals surface area contributed by atoms with E-state index in [4.69, 9.17) is 15.2 Å². The number of halogens is 1. The number of ether oxygens (including phenoxy) is 2. The third kappa shape index (κ3) is 4.72. The summed E-state index contributed by atoms with van der Waals surface area (Å²) in [5.74, 6) is 0.479. The Morgan fingerprint density at radius 2 is 2.06 bits per heavy atom. The highest BCUT2D eigenvalue weighted by molar-refractivity contribution is 6.06. The summed E-state index contributed by atoms with van der Waals surface area (Å²) in [6.07, 6.45) is 4.91. The van der Waals surface area contributed by atoms with E-state index in [9.17, 15) is 9.18 Å². The zero-order valence-corrected chi connectivity index (χ0v) is 19.2. The molecule has 1 amide bonds. The fraction of sp³-hybridized carbons (Fsp3) is 0.440. The van der Waals surface area contributed by atoms with Gasteiger partial charge in [-0.25, -0.2) is 4.39 Å². The number of piperidine rings is 1. The normalized spacial score (nSPS) is 14.7. The molecule has 0 saturated carbocycles. The van der Waals surface area contributed by atoms with E-state index in [2.05, 4.69) is 4.98 Å². The molecule has 1 aliphatic heterocycles. The number of nitrogens with zero attached hydrogens (tertiary/aromatic N) is 3.